The summed E-state index contributed by atoms with van der Waals surface area (Å²) >= 11 is 12.6. The third-order valence-corrected chi connectivity index (χ3v) is 6.22. The molecule has 0 unspecified atom stereocenters. The van der Waals surface area contributed by atoms with Gasteiger partial charge < -0.3 is 23.7 Å². The Kier molecular flexibility index (Phi) is 8.89. The fourth-order valence-electron chi connectivity index (χ4n) is 3.45. The van der Waals surface area contributed by atoms with Crippen LogP contribution >= 0.6 is 23.2 Å². The molecule has 3 aromatic rings. The maximum Gasteiger partial charge on any atom is 0.514 e. The lowest BCUT2D eigenvalue weighted by molar-refractivity contribution is -0.0515. The molecule has 4 rings (SSSR count). The van der Waals surface area contributed by atoms with Gasteiger partial charge in [-0.2, -0.15) is 8.78 Å². The molecule has 196 valence electrons. The van der Waals surface area contributed by atoms with Gasteiger partial charge in [-0.1, -0.05) is 29.3 Å². The van der Waals surface area contributed by atoms with Crippen molar-refractivity contribution in [2.24, 2.45) is 5.92 Å². The molecule has 0 N–H and O–H groups in total. The van der Waals surface area contributed by atoms with Crippen molar-refractivity contribution in [3.8, 4) is 23.0 Å². The molecule has 0 saturated heterocycles. The predicted molar refractivity (Wildman–Crippen MR) is 132 cm³/mol. The number of methoxy groups -OCH3 is 1. The molecule has 0 amide bonds. The first-order valence-corrected chi connectivity index (χ1v) is 12.1. The van der Waals surface area contributed by atoms with Gasteiger partial charge in [0.1, 0.15) is 17.6 Å². The van der Waals surface area contributed by atoms with Crippen LogP contribution in [0.5, 0.6) is 23.0 Å². The number of alkyl halides is 2. The predicted octanol–water partition coefficient (Wildman–Crippen LogP) is 7.29. The highest BCUT2D eigenvalue weighted by molar-refractivity contribution is 6.35. The lowest BCUT2D eigenvalue weighted by Crippen LogP contribution is -2.18. The third kappa shape index (κ3) is 7.60. The number of ether oxygens (including phenoxy) is 5. The van der Waals surface area contributed by atoms with E-state index in [-0.39, 0.29) is 33.7 Å². The summed E-state index contributed by atoms with van der Waals surface area (Å²) in [5.41, 5.74) is 0.914. The monoisotopic (exact) mass is 553 g/mol. The summed E-state index contributed by atoms with van der Waals surface area (Å²) in [6, 6.07) is 10.7. The summed E-state index contributed by atoms with van der Waals surface area (Å²) in [7, 11) is 1.52. The zero-order chi connectivity index (χ0) is 26.4. The number of nitrogens with zero attached hydrogens (tertiary/aromatic N) is 1. The molecule has 1 fully saturated rings. The van der Waals surface area contributed by atoms with E-state index in [4.69, 9.17) is 42.1 Å². The minimum Gasteiger partial charge on any atom is -0.497 e. The van der Waals surface area contributed by atoms with E-state index in [9.17, 15) is 13.6 Å². The first kappa shape index (κ1) is 26.8. The molecule has 0 bridgehead atoms. The van der Waals surface area contributed by atoms with Crippen LogP contribution in [0.25, 0.3) is 0 Å². The second kappa shape index (κ2) is 12.3. The normalized spacial score (nSPS) is 13.7. The molecule has 1 heterocycles. The van der Waals surface area contributed by atoms with Gasteiger partial charge >= 0.3 is 12.8 Å². The van der Waals surface area contributed by atoms with Gasteiger partial charge in [0.05, 0.1) is 23.8 Å². The maximum atomic E-state index is 13.0. The van der Waals surface area contributed by atoms with Gasteiger partial charge in [0.2, 0.25) is 0 Å². The third-order valence-electron chi connectivity index (χ3n) is 5.57. The molecule has 1 aliphatic carbocycles. The Morgan fingerprint density at radius 3 is 2.32 bits per heavy atom. The first-order valence-electron chi connectivity index (χ1n) is 11.3. The highest BCUT2D eigenvalue weighted by Gasteiger charge is 2.26. The molecule has 1 atom stereocenters. The number of pyridine rings is 1. The van der Waals surface area contributed by atoms with E-state index in [2.05, 4.69) is 9.72 Å². The number of carbonyl (C=O) groups excluding carboxylic acids is 1. The van der Waals surface area contributed by atoms with Crippen molar-refractivity contribution in [3.63, 3.8) is 0 Å². The van der Waals surface area contributed by atoms with Crippen molar-refractivity contribution in [1.29, 1.82) is 0 Å². The SMILES string of the molecule is COc1ccc(OC(=O)O[C@@H](Cc2c(Cl)cncc2Cl)c2ccc(OC(F)F)c(OCC3CC3)c2)cc1. The van der Waals surface area contributed by atoms with Crippen LogP contribution in [0.4, 0.5) is 13.6 Å². The van der Waals surface area contributed by atoms with E-state index >= 15 is 0 Å². The number of carbonyl (C=O) groups is 1. The van der Waals surface area contributed by atoms with E-state index in [1.807, 2.05) is 0 Å². The Labute approximate surface area is 222 Å². The van der Waals surface area contributed by atoms with Crippen LogP contribution in [0.1, 0.15) is 30.1 Å². The van der Waals surface area contributed by atoms with E-state index < -0.39 is 18.9 Å². The van der Waals surface area contributed by atoms with Gasteiger partial charge in [-0.15, -0.1) is 0 Å². The zero-order valence-electron chi connectivity index (χ0n) is 19.7. The number of hydrogen-bond donors (Lipinski definition) is 0. The molecule has 1 saturated carbocycles. The molecule has 37 heavy (non-hydrogen) atoms. The van der Waals surface area contributed by atoms with E-state index in [0.717, 1.165) is 12.8 Å². The summed E-state index contributed by atoms with van der Waals surface area (Å²) in [5.74, 6) is 1.17. The van der Waals surface area contributed by atoms with Crippen molar-refractivity contribution in [1.82, 2.24) is 4.98 Å². The lowest BCUT2D eigenvalue weighted by atomic mass is 10.0. The summed E-state index contributed by atoms with van der Waals surface area (Å²) in [4.78, 5) is 16.7. The molecular formula is C26H23Cl2F2NO6. The molecular weight excluding hydrogens is 531 g/mol. The fourth-order valence-corrected chi connectivity index (χ4v) is 3.97. The first-order chi connectivity index (χ1) is 17.8. The van der Waals surface area contributed by atoms with Crippen LogP contribution in [0.15, 0.2) is 54.9 Å². The van der Waals surface area contributed by atoms with Crippen LogP contribution < -0.4 is 18.9 Å². The number of benzene rings is 2. The van der Waals surface area contributed by atoms with Gasteiger partial charge in [-0.25, -0.2) is 4.79 Å². The molecule has 7 nitrogen and oxygen atoms in total. The van der Waals surface area contributed by atoms with Crippen molar-refractivity contribution in [2.75, 3.05) is 13.7 Å². The van der Waals surface area contributed by atoms with Crippen LogP contribution in [0.3, 0.4) is 0 Å². The average molecular weight is 554 g/mol. The Morgan fingerprint density at radius 2 is 1.70 bits per heavy atom. The highest BCUT2D eigenvalue weighted by Crippen LogP contribution is 2.38. The Bertz CT molecular complexity index is 1200. The smallest absolute Gasteiger partial charge is 0.497 e. The van der Waals surface area contributed by atoms with Gasteiger partial charge in [-0.3, -0.25) is 4.98 Å². The van der Waals surface area contributed by atoms with Gasteiger partial charge in [0, 0.05) is 18.8 Å². The number of hydrogen-bond acceptors (Lipinski definition) is 7. The molecule has 2 aromatic carbocycles. The number of aromatic nitrogens is 1. The van der Waals surface area contributed by atoms with Crippen molar-refractivity contribution in [3.05, 3.63) is 76.0 Å². The van der Waals surface area contributed by atoms with Crippen molar-refractivity contribution >= 4 is 29.4 Å². The molecule has 11 heteroatoms. The Morgan fingerprint density at radius 1 is 1.03 bits per heavy atom. The topological polar surface area (TPSA) is 76.1 Å². The highest BCUT2D eigenvalue weighted by atomic mass is 35.5. The second-order valence-corrected chi connectivity index (χ2v) is 9.07. The van der Waals surface area contributed by atoms with Crippen LogP contribution in [-0.4, -0.2) is 31.5 Å². The fraction of sp³-hybridized carbons (Fsp3) is 0.308. The Balaban J connectivity index is 1.61. The number of rotatable bonds is 11. The lowest BCUT2D eigenvalue weighted by Gasteiger charge is -2.21. The quantitative estimate of drug-likeness (QED) is 0.182. The molecule has 0 radical (unpaired) electrons. The standard InChI is InChI=1S/C26H23Cl2F2NO6/c1-33-17-5-7-18(8-6-17)35-26(32)37-23(11-19-20(27)12-31-13-21(19)28)16-4-9-22(36-25(29)30)24(10-16)34-14-15-2-3-15/h4-10,12-13,15,23,25H,2-3,11,14H2,1H3/t23-/m0/s1. The van der Waals surface area contributed by atoms with Gasteiger partial charge in [0.25, 0.3) is 0 Å². The largest absolute Gasteiger partial charge is 0.514 e. The summed E-state index contributed by atoms with van der Waals surface area (Å²) in [5, 5.41) is 0.542. The van der Waals surface area contributed by atoms with Crippen molar-refractivity contribution < 1.29 is 37.3 Å². The Hall–Kier alpha value is -3.30. The molecule has 0 spiro atoms. The van der Waals surface area contributed by atoms with Crippen LogP contribution in [0.2, 0.25) is 10.0 Å². The minimum absolute atomic E-state index is 0.0506. The van der Waals surface area contributed by atoms with E-state index in [1.165, 1.54) is 37.7 Å². The molecule has 1 aromatic heterocycles. The van der Waals surface area contributed by atoms with Crippen LogP contribution in [0, 0.1) is 5.92 Å². The molecule has 1 aliphatic rings. The van der Waals surface area contributed by atoms with E-state index in [0.29, 0.717) is 29.4 Å². The van der Waals surface area contributed by atoms with Crippen LogP contribution in [-0.2, 0) is 11.2 Å². The number of halogens is 4. The van der Waals surface area contributed by atoms with Gasteiger partial charge in [0.15, 0.2) is 11.5 Å². The maximum absolute atomic E-state index is 13.0. The minimum atomic E-state index is -3.03. The van der Waals surface area contributed by atoms with E-state index in [1.54, 1.807) is 24.3 Å². The van der Waals surface area contributed by atoms with Gasteiger partial charge in [-0.05, 0) is 66.3 Å². The second-order valence-electron chi connectivity index (χ2n) is 8.26. The average Bonchev–Trinajstić information content (AvgIpc) is 3.70. The van der Waals surface area contributed by atoms with Crippen molar-refractivity contribution in [2.45, 2.75) is 32.0 Å². The summed E-state index contributed by atoms with van der Waals surface area (Å²) in [6.45, 7) is -2.68. The molecule has 0 aliphatic heterocycles. The zero-order valence-corrected chi connectivity index (χ0v) is 21.2. The summed E-state index contributed by atoms with van der Waals surface area (Å²) < 4.78 is 52.4. The summed E-state index contributed by atoms with van der Waals surface area (Å²) in [6.07, 6.45) is 2.93.